The maximum atomic E-state index is 11.8. The molecule has 1 heterocycles. The monoisotopic (exact) mass is 267 g/mol. The quantitative estimate of drug-likeness (QED) is 0.930. The molecule has 1 aromatic carbocycles. The Balaban J connectivity index is 2.04. The summed E-state index contributed by atoms with van der Waals surface area (Å²) >= 11 is 6.69. The molecule has 1 amide bonds. The average Bonchev–Trinajstić information content (AvgIpc) is 2.77. The second-order valence-corrected chi connectivity index (χ2v) is 5.03. The Hall–Kier alpha value is -1.46. The third kappa shape index (κ3) is 3.01. The van der Waals surface area contributed by atoms with E-state index in [0.29, 0.717) is 0 Å². The number of nitrogens with zero attached hydrogens (tertiary/aromatic N) is 2. The second kappa shape index (κ2) is 5.25. The van der Waals surface area contributed by atoms with Crippen molar-refractivity contribution in [1.29, 1.82) is 0 Å². The number of aromatic nitrogens is 2. The fraction of sp³-hybridized carbons (Fsp3) is 0.182. The van der Waals surface area contributed by atoms with Crippen LogP contribution in [-0.2, 0) is 0 Å². The molecule has 0 radical (unpaired) electrons. The van der Waals surface area contributed by atoms with Crippen molar-refractivity contribution < 1.29 is 4.79 Å². The van der Waals surface area contributed by atoms with Crippen LogP contribution in [0.5, 0.6) is 0 Å². The van der Waals surface area contributed by atoms with Gasteiger partial charge in [-0.15, -0.1) is 10.2 Å². The summed E-state index contributed by atoms with van der Waals surface area (Å²) in [5.41, 5.74) is 1.04. The van der Waals surface area contributed by atoms with Gasteiger partial charge in [0.05, 0.1) is 6.04 Å². The first kappa shape index (κ1) is 12.0. The second-order valence-electron chi connectivity index (χ2n) is 3.47. The molecule has 1 unspecified atom stereocenters. The number of nitrogens with one attached hydrogen (secondary N) is 1. The molecule has 0 bridgehead atoms. The number of carbonyl (C=O) groups is 1. The number of hydrogen-bond acceptors (Lipinski definition) is 4. The Morgan fingerprint density at radius 2 is 2.06 bits per heavy atom. The number of hydrogen-bond donors (Lipinski definition) is 1. The van der Waals surface area contributed by atoms with Crippen LogP contribution in [0.2, 0.25) is 4.47 Å². The van der Waals surface area contributed by atoms with Gasteiger partial charge >= 0.3 is 0 Å². The molecule has 6 heteroatoms. The van der Waals surface area contributed by atoms with E-state index in [1.807, 2.05) is 37.3 Å². The zero-order valence-electron chi connectivity index (χ0n) is 9.05. The molecule has 0 spiro atoms. The minimum absolute atomic E-state index is 0.0774. The third-order valence-corrected chi connectivity index (χ3v) is 3.26. The van der Waals surface area contributed by atoms with Crippen LogP contribution in [0.15, 0.2) is 30.3 Å². The summed E-state index contributed by atoms with van der Waals surface area (Å²) in [6.07, 6.45) is 0. The van der Waals surface area contributed by atoms with Gasteiger partial charge < -0.3 is 5.32 Å². The minimum Gasteiger partial charge on any atom is -0.343 e. The molecule has 17 heavy (non-hydrogen) atoms. The predicted octanol–water partition coefficient (Wildman–Crippen LogP) is 2.68. The van der Waals surface area contributed by atoms with Crippen LogP contribution in [0.3, 0.4) is 0 Å². The summed E-state index contributed by atoms with van der Waals surface area (Å²) in [7, 11) is 0. The molecule has 0 saturated carbocycles. The van der Waals surface area contributed by atoms with E-state index in [-0.39, 0.29) is 21.4 Å². The maximum Gasteiger partial charge on any atom is 0.282 e. The maximum absolute atomic E-state index is 11.8. The van der Waals surface area contributed by atoms with Crippen LogP contribution < -0.4 is 5.32 Å². The van der Waals surface area contributed by atoms with Crippen LogP contribution in [0, 0.1) is 0 Å². The zero-order chi connectivity index (χ0) is 12.3. The van der Waals surface area contributed by atoms with Gasteiger partial charge in [0.1, 0.15) is 0 Å². The van der Waals surface area contributed by atoms with E-state index in [4.69, 9.17) is 11.6 Å². The average molecular weight is 268 g/mol. The molecule has 0 aliphatic heterocycles. The summed E-state index contributed by atoms with van der Waals surface area (Å²) < 4.78 is 0.266. The Morgan fingerprint density at radius 3 is 2.65 bits per heavy atom. The van der Waals surface area contributed by atoms with Gasteiger partial charge in [0.2, 0.25) is 9.47 Å². The van der Waals surface area contributed by atoms with Crippen LogP contribution >= 0.6 is 22.9 Å². The van der Waals surface area contributed by atoms with E-state index < -0.39 is 0 Å². The normalized spacial score (nSPS) is 12.1. The van der Waals surface area contributed by atoms with Crippen molar-refractivity contribution in [3.63, 3.8) is 0 Å². The van der Waals surface area contributed by atoms with Crippen LogP contribution in [0.4, 0.5) is 0 Å². The van der Waals surface area contributed by atoms with E-state index in [1.165, 1.54) is 0 Å². The molecule has 0 saturated heterocycles. The lowest BCUT2D eigenvalue weighted by atomic mass is 10.1. The highest BCUT2D eigenvalue weighted by Crippen LogP contribution is 2.17. The largest absolute Gasteiger partial charge is 0.343 e. The summed E-state index contributed by atoms with van der Waals surface area (Å²) in [6.45, 7) is 1.91. The minimum atomic E-state index is -0.259. The van der Waals surface area contributed by atoms with Crippen LogP contribution in [-0.4, -0.2) is 16.1 Å². The van der Waals surface area contributed by atoms with Crippen molar-refractivity contribution in [2.24, 2.45) is 0 Å². The van der Waals surface area contributed by atoms with Gasteiger partial charge in [0, 0.05) is 0 Å². The molecule has 0 aliphatic rings. The smallest absolute Gasteiger partial charge is 0.282 e. The Morgan fingerprint density at radius 1 is 1.35 bits per heavy atom. The van der Waals surface area contributed by atoms with Crippen molar-refractivity contribution in [1.82, 2.24) is 15.5 Å². The van der Waals surface area contributed by atoms with Crippen molar-refractivity contribution in [2.45, 2.75) is 13.0 Å². The summed E-state index contributed by atoms with van der Waals surface area (Å²) in [5, 5.41) is 10.4. The Kier molecular flexibility index (Phi) is 3.71. The topological polar surface area (TPSA) is 54.9 Å². The Labute approximate surface area is 108 Å². The molecular weight excluding hydrogens is 258 g/mol. The number of carbonyl (C=O) groups excluding carboxylic acids is 1. The first-order valence-corrected chi connectivity index (χ1v) is 6.21. The van der Waals surface area contributed by atoms with Crippen LogP contribution in [0.25, 0.3) is 0 Å². The van der Waals surface area contributed by atoms with Gasteiger partial charge in [-0.2, -0.15) is 0 Å². The standard InChI is InChI=1S/C11H10ClN3OS/c1-7(8-5-3-2-4-6-8)13-9(16)10-14-15-11(12)17-10/h2-7H,1H3,(H,13,16). The Bertz CT molecular complexity index is 514. The molecule has 1 N–H and O–H groups in total. The molecule has 0 fully saturated rings. The highest BCUT2D eigenvalue weighted by Gasteiger charge is 2.15. The lowest BCUT2D eigenvalue weighted by molar-refractivity contribution is 0.0939. The van der Waals surface area contributed by atoms with Gasteiger partial charge in [0.25, 0.3) is 5.91 Å². The molecule has 2 rings (SSSR count). The van der Waals surface area contributed by atoms with Gasteiger partial charge in [0.15, 0.2) is 0 Å². The lowest BCUT2D eigenvalue weighted by Crippen LogP contribution is -2.26. The van der Waals surface area contributed by atoms with Crippen molar-refractivity contribution in [3.8, 4) is 0 Å². The number of amides is 1. The molecule has 4 nitrogen and oxygen atoms in total. The summed E-state index contributed by atoms with van der Waals surface area (Å²) in [6, 6.07) is 9.63. The molecule has 0 aliphatic carbocycles. The predicted molar refractivity (Wildman–Crippen MR) is 67.2 cm³/mol. The van der Waals surface area contributed by atoms with E-state index in [0.717, 1.165) is 16.9 Å². The fourth-order valence-corrected chi connectivity index (χ4v) is 2.11. The van der Waals surface area contributed by atoms with Gasteiger partial charge in [-0.3, -0.25) is 4.79 Å². The summed E-state index contributed by atoms with van der Waals surface area (Å²) in [5.74, 6) is -0.259. The molecule has 2 aromatic rings. The van der Waals surface area contributed by atoms with Crippen molar-refractivity contribution >= 4 is 28.8 Å². The van der Waals surface area contributed by atoms with Gasteiger partial charge in [-0.05, 0) is 24.1 Å². The molecule has 1 atom stereocenters. The van der Waals surface area contributed by atoms with Crippen molar-refractivity contribution in [2.75, 3.05) is 0 Å². The molecule has 1 aromatic heterocycles. The van der Waals surface area contributed by atoms with E-state index >= 15 is 0 Å². The molecular formula is C11H10ClN3OS. The fourth-order valence-electron chi connectivity index (χ4n) is 1.38. The highest BCUT2D eigenvalue weighted by atomic mass is 35.5. The van der Waals surface area contributed by atoms with Crippen molar-refractivity contribution in [3.05, 3.63) is 45.4 Å². The third-order valence-electron chi connectivity index (χ3n) is 2.24. The van der Waals surface area contributed by atoms with E-state index in [2.05, 4.69) is 15.5 Å². The molecule has 88 valence electrons. The van der Waals surface area contributed by atoms with E-state index in [9.17, 15) is 4.79 Å². The van der Waals surface area contributed by atoms with E-state index in [1.54, 1.807) is 0 Å². The summed E-state index contributed by atoms with van der Waals surface area (Å²) in [4.78, 5) is 11.8. The first-order chi connectivity index (χ1) is 8.16. The SMILES string of the molecule is CC(NC(=O)c1nnc(Cl)s1)c1ccccc1. The number of rotatable bonds is 3. The highest BCUT2D eigenvalue weighted by molar-refractivity contribution is 7.17. The van der Waals surface area contributed by atoms with Crippen LogP contribution in [0.1, 0.15) is 28.3 Å². The number of benzene rings is 1. The van der Waals surface area contributed by atoms with Gasteiger partial charge in [-0.1, -0.05) is 41.7 Å². The van der Waals surface area contributed by atoms with Gasteiger partial charge in [-0.25, -0.2) is 0 Å². The lowest BCUT2D eigenvalue weighted by Gasteiger charge is -2.12. The number of halogens is 1. The zero-order valence-corrected chi connectivity index (χ0v) is 10.6. The first-order valence-electron chi connectivity index (χ1n) is 5.01.